The average molecular weight is 402 g/mol. The fourth-order valence-electron chi connectivity index (χ4n) is 4.09. The van der Waals surface area contributed by atoms with Crippen molar-refractivity contribution in [2.45, 2.75) is 38.6 Å². The summed E-state index contributed by atoms with van der Waals surface area (Å²) in [5.74, 6) is 1.07. The van der Waals surface area contributed by atoms with Gasteiger partial charge in [0.2, 0.25) is 11.8 Å². The molecule has 1 unspecified atom stereocenters. The van der Waals surface area contributed by atoms with E-state index in [9.17, 15) is 14.4 Å². The van der Waals surface area contributed by atoms with Crippen LogP contribution in [-0.2, 0) is 9.59 Å². The Hall–Kier alpha value is -2.64. The highest BCUT2D eigenvalue weighted by atomic mass is 16.2. The second-order valence-electron chi connectivity index (χ2n) is 8.13. The van der Waals surface area contributed by atoms with Crippen molar-refractivity contribution >= 4 is 23.5 Å². The van der Waals surface area contributed by atoms with Gasteiger partial charge in [0, 0.05) is 47.2 Å². The second kappa shape index (κ2) is 9.24. The van der Waals surface area contributed by atoms with Gasteiger partial charge in [-0.25, -0.2) is 4.98 Å². The molecule has 0 aliphatic carbocycles. The predicted octanol–water partition coefficient (Wildman–Crippen LogP) is 1.13. The van der Waals surface area contributed by atoms with Crippen molar-refractivity contribution < 1.29 is 14.4 Å². The smallest absolute Gasteiger partial charge is 0.272 e. The lowest BCUT2D eigenvalue weighted by Crippen LogP contribution is -2.47. The van der Waals surface area contributed by atoms with Crippen molar-refractivity contribution in [3.8, 4) is 0 Å². The van der Waals surface area contributed by atoms with Crippen LogP contribution in [0.3, 0.4) is 0 Å². The first kappa shape index (κ1) is 21.1. The van der Waals surface area contributed by atoms with E-state index in [1.807, 2.05) is 12.1 Å². The molecule has 8 nitrogen and oxygen atoms in total. The lowest BCUT2D eigenvalue weighted by atomic mass is 9.96. The van der Waals surface area contributed by atoms with Crippen LogP contribution >= 0.6 is 0 Å². The Kier molecular flexibility index (Phi) is 6.71. The molecule has 29 heavy (non-hydrogen) atoms. The van der Waals surface area contributed by atoms with Gasteiger partial charge in [0.25, 0.3) is 5.91 Å². The van der Waals surface area contributed by atoms with Crippen molar-refractivity contribution in [3.05, 3.63) is 23.9 Å². The van der Waals surface area contributed by atoms with Gasteiger partial charge in [-0.1, -0.05) is 6.07 Å². The number of nitrogens with one attached hydrogen (secondary N) is 1. The van der Waals surface area contributed by atoms with Crippen molar-refractivity contribution in [2.75, 3.05) is 45.2 Å². The Morgan fingerprint density at radius 3 is 2.52 bits per heavy atom. The van der Waals surface area contributed by atoms with E-state index < -0.39 is 0 Å². The van der Waals surface area contributed by atoms with E-state index in [1.54, 1.807) is 25.1 Å². The lowest BCUT2D eigenvalue weighted by Gasteiger charge is -2.33. The third-order valence-electron chi connectivity index (χ3n) is 5.82. The molecule has 0 bridgehead atoms. The minimum Gasteiger partial charge on any atom is -0.357 e. The van der Waals surface area contributed by atoms with Gasteiger partial charge in [-0.15, -0.1) is 0 Å². The van der Waals surface area contributed by atoms with Gasteiger partial charge in [-0.2, -0.15) is 0 Å². The molecule has 0 spiro atoms. The number of amides is 3. The summed E-state index contributed by atoms with van der Waals surface area (Å²) in [5, 5.41) is 3.05. The van der Waals surface area contributed by atoms with E-state index >= 15 is 0 Å². The Balaban J connectivity index is 1.48. The highest BCUT2D eigenvalue weighted by Gasteiger charge is 2.32. The number of anilines is 1. The number of rotatable bonds is 5. The minimum absolute atomic E-state index is 0.0292. The number of carbonyl (C=O) groups excluding carboxylic acids is 3. The second-order valence-corrected chi connectivity index (χ2v) is 8.13. The molecule has 2 aliphatic rings. The standard InChI is InChI=1S/C21H31N5O3/c1-15(27)26-11-5-7-18(26)20(28)22-14-16-9-12-25(13-10-16)19-8-4-6-17(23-19)21(29)24(2)3/h4,6,8,16,18H,5,7,9-14H2,1-3H3,(H,22,28). The van der Waals surface area contributed by atoms with E-state index in [-0.39, 0.29) is 23.8 Å². The zero-order chi connectivity index (χ0) is 21.0. The van der Waals surface area contributed by atoms with Crippen molar-refractivity contribution in [1.29, 1.82) is 0 Å². The normalized spacial score (nSPS) is 19.9. The quantitative estimate of drug-likeness (QED) is 0.799. The molecule has 3 amide bonds. The Bertz CT molecular complexity index is 758. The molecule has 1 atom stereocenters. The zero-order valence-corrected chi connectivity index (χ0v) is 17.6. The number of likely N-dealkylation sites (tertiary alicyclic amines) is 1. The molecule has 3 rings (SSSR count). The Morgan fingerprint density at radius 1 is 1.14 bits per heavy atom. The molecule has 3 heterocycles. The summed E-state index contributed by atoms with van der Waals surface area (Å²) >= 11 is 0. The number of hydrogen-bond donors (Lipinski definition) is 1. The number of hydrogen-bond acceptors (Lipinski definition) is 5. The number of pyridine rings is 1. The first-order chi connectivity index (χ1) is 13.9. The van der Waals surface area contributed by atoms with E-state index in [0.29, 0.717) is 24.7 Å². The largest absolute Gasteiger partial charge is 0.357 e. The first-order valence-corrected chi connectivity index (χ1v) is 10.4. The lowest BCUT2D eigenvalue weighted by molar-refractivity contribution is -0.136. The summed E-state index contributed by atoms with van der Waals surface area (Å²) in [6.45, 7) is 4.53. The topological polar surface area (TPSA) is 85.8 Å². The summed E-state index contributed by atoms with van der Waals surface area (Å²) in [4.78, 5) is 46.2. The average Bonchev–Trinajstić information content (AvgIpc) is 3.22. The fourth-order valence-corrected chi connectivity index (χ4v) is 4.09. The molecule has 0 saturated carbocycles. The zero-order valence-electron chi connectivity index (χ0n) is 17.6. The van der Waals surface area contributed by atoms with Crippen LogP contribution in [0.5, 0.6) is 0 Å². The monoisotopic (exact) mass is 401 g/mol. The number of carbonyl (C=O) groups is 3. The molecular weight excluding hydrogens is 370 g/mol. The SMILES string of the molecule is CC(=O)N1CCCC1C(=O)NCC1CCN(c2cccc(C(=O)N(C)C)n2)CC1. The minimum atomic E-state index is -0.311. The maximum atomic E-state index is 12.5. The fraction of sp³-hybridized carbons (Fsp3) is 0.619. The van der Waals surface area contributed by atoms with E-state index in [1.165, 1.54) is 11.8 Å². The van der Waals surface area contributed by atoms with Crippen LogP contribution in [0.4, 0.5) is 5.82 Å². The molecule has 0 radical (unpaired) electrons. The molecular formula is C21H31N5O3. The summed E-state index contributed by atoms with van der Waals surface area (Å²) in [7, 11) is 3.44. The summed E-state index contributed by atoms with van der Waals surface area (Å²) in [5.41, 5.74) is 0.452. The van der Waals surface area contributed by atoms with E-state index in [0.717, 1.165) is 44.6 Å². The first-order valence-electron chi connectivity index (χ1n) is 10.4. The van der Waals surface area contributed by atoms with Crippen molar-refractivity contribution in [1.82, 2.24) is 20.1 Å². The number of aromatic nitrogens is 1. The van der Waals surface area contributed by atoms with Crippen molar-refractivity contribution in [2.24, 2.45) is 5.92 Å². The maximum absolute atomic E-state index is 12.5. The number of piperidine rings is 1. The van der Waals surface area contributed by atoms with Crippen LogP contribution in [0.15, 0.2) is 18.2 Å². The summed E-state index contributed by atoms with van der Waals surface area (Å²) in [6.07, 6.45) is 3.54. The highest BCUT2D eigenvalue weighted by molar-refractivity contribution is 5.92. The molecule has 2 saturated heterocycles. The maximum Gasteiger partial charge on any atom is 0.272 e. The molecule has 158 valence electrons. The van der Waals surface area contributed by atoms with Gasteiger partial charge in [0.15, 0.2) is 0 Å². The number of nitrogens with zero attached hydrogens (tertiary/aromatic N) is 4. The molecule has 2 aliphatic heterocycles. The summed E-state index contributed by atoms with van der Waals surface area (Å²) < 4.78 is 0. The van der Waals surface area contributed by atoms with Gasteiger partial charge >= 0.3 is 0 Å². The van der Waals surface area contributed by atoms with Crippen LogP contribution < -0.4 is 10.2 Å². The molecule has 1 aromatic heterocycles. The van der Waals surface area contributed by atoms with Gasteiger partial charge in [-0.05, 0) is 43.7 Å². The van der Waals surface area contributed by atoms with Gasteiger partial charge < -0.3 is 20.0 Å². The Morgan fingerprint density at radius 2 is 1.86 bits per heavy atom. The van der Waals surface area contributed by atoms with Crippen LogP contribution in [-0.4, -0.2) is 78.8 Å². The third-order valence-corrected chi connectivity index (χ3v) is 5.82. The highest BCUT2D eigenvalue weighted by Crippen LogP contribution is 2.22. The van der Waals surface area contributed by atoms with E-state index in [4.69, 9.17) is 0 Å². The van der Waals surface area contributed by atoms with Crippen LogP contribution in [0, 0.1) is 5.92 Å². The van der Waals surface area contributed by atoms with E-state index in [2.05, 4.69) is 15.2 Å². The van der Waals surface area contributed by atoms with Crippen LogP contribution in [0.1, 0.15) is 43.1 Å². The third kappa shape index (κ3) is 5.05. The molecule has 1 aromatic rings. The van der Waals surface area contributed by atoms with Crippen molar-refractivity contribution in [3.63, 3.8) is 0 Å². The van der Waals surface area contributed by atoms with Crippen LogP contribution in [0.2, 0.25) is 0 Å². The molecule has 0 aromatic carbocycles. The molecule has 8 heteroatoms. The summed E-state index contributed by atoms with van der Waals surface area (Å²) in [6, 6.07) is 5.23. The van der Waals surface area contributed by atoms with Gasteiger partial charge in [0.05, 0.1) is 0 Å². The Labute approximate surface area is 172 Å². The molecule has 1 N–H and O–H groups in total. The predicted molar refractivity (Wildman–Crippen MR) is 111 cm³/mol. The van der Waals surface area contributed by atoms with Gasteiger partial charge in [0.1, 0.15) is 17.6 Å². The molecule has 2 fully saturated rings. The van der Waals surface area contributed by atoms with Crippen LogP contribution in [0.25, 0.3) is 0 Å². The van der Waals surface area contributed by atoms with Gasteiger partial charge in [-0.3, -0.25) is 14.4 Å².